The third-order valence-electron chi connectivity index (χ3n) is 2.08. The minimum atomic E-state index is -0.757. The lowest BCUT2D eigenvalue weighted by Crippen LogP contribution is -2.50. The van der Waals surface area contributed by atoms with E-state index in [1.54, 1.807) is 34.6 Å². The minimum Gasteiger partial charge on any atom is -0.444 e. The normalized spacial score (nSPS) is 12.7. The van der Waals surface area contributed by atoms with Gasteiger partial charge in [0.1, 0.15) is 18.2 Å². The molecule has 0 aliphatic carbocycles. The quantitative estimate of drug-likeness (QED) is 0.661. The summed E-state index contributed by atoms with van der Waals surface area (Å²) in [7, 11) is 0. The van der Waals surface area contributed by atoms with Gasteiger partial charge in [0.05, 0.1) is 0 Å². The predicted molar refractivity (Wildman–Crippen MR) is 70.2 cm³/mol. The van der Waals surface area contributed by atoms with Crippen LogP contribution in [0.3, 0.4) is 0 Å². The fourth-order valence-corrected chi connectivity index (χ4v) is 1.26. The van der Waals surface area contributed by atoms with Crippen LogP contribution in [0.1, 0.15) is 34.6 Å². The molecule has 0 aliphatic rings. The summed E-state index contributed by atoms with van der Waals surface area (Å²) in [5, 5.41) is 4.75. The van der Waals surface area contributed by atoms with Crippen molar-refractivity contribution in [2.75, 3.05) is 6.54 Å². The van der Waals surface area contributed by atoms with Gasteiger partial charge in [-0.3, -0.25) is 9.59 Å². The van der Waals surface area contributed by atoms with E-state index in [0.717, 1.165) is 0 Å². The van der Waals surface area contributed by atoms with Gasteiger partial charge in [-0.25, -0.2) is 4.79 Å². The van der Waals surface area contributed by atoms with Crippen LogP contribution in [0.2, 0.25) is 0 Å². The van der Waals surface area contributed by atoms with Gasteiger partial charge in [0.15, 0.2) is 0 Å². The zero-order valence-corrected chi connectivity index (χ0v) is 12.1. The predicted octanol–water partition coefficient (Wildman–Crippen LogP) is 0.137. The molecule has 7 heteroatoms. The average Bonchev–Trinajstić information content (AvgIpc) is 2.19. The second kappa shape index (κ2) is 6.96. The number of amides is 3. The van der Waals surface area contributed by atoms with Crippen LogP contribution in [0.15, 0.2) is 0 Å². The molecule has 0 aromatic heterocycles. The molecule has 0 radical (unpaired) electrons. The molecule has 19 heavy (non-hydrogen) atoms. The lowest BCUT2D eigenvalue weighted by atomic mass is 10.0. The second-order valence-electron chi connectivity index (χ2n) is 5.55. The van der Waals surface area contributed by atoms with E-state index in [2.05, 4.69) is 10.6 Å². The number of hydrogen-bond acceptors (Lipinski definition) is 4. The van der Waals surface area contributed by atoms with Gasteiger partial charge in [-0.2, -0.15) is 0 Å². The highest BCUT2D eigenvalue weighted by Gasteiger charge is 2.22. The van der Waals surface area contributed by atoms with E-state index in [0.29, 0.717) is 0 Å². The van der Waals surface area contributed by atoms with Crippen molar-refractivity contribution in [3.05, 3.63) is 0 Å². The molecule has 3 amide bonds. The Labute approximate surface area is 113 Å². The third kappa shape index (κ3) is 8.01. The standard InChI is InChI=1S/C12H23N3O4/c1-7(2)9(10(13)17)15-8(16)6-14-11(18)19-12(3,4)5/h7,9H,6H2,1-5H3,(H2,13,17)(H,14,18)(H,15,16). The smallest absolute Gasteiger partial charge is 0.408 e. The van der Waals surface area contributed by atoms with Gasteiger partial charge in [-0.1, -0.05) is 13.8 Å². The Kier molecular flexibility index (Phi) is 6.31. The molecule has 1 atom stereocenters. The molecule has 0 aromatic carbocycles. The van der Waals surface area contributed by atoms with Crippen LogP contribution in [0, 0.1) is 5.92 Å². The molecule has 0 aromatic rings. The monoisotopic (exact) mass is 273 g/mol. The van der Waals surface area contributed by atoms with E-state index >= 15 is 0 Å². The molecule has 7 nitrogen and oxygen atoms in total. The molecule has 4 N–H and O–H groups in total. The Morgan fingerprint density at radius 1 is 1.21 bits per heavy atom. The number of ether oxygens (including phenoxy) is 1. The van der Waals surface area contributed by atoms with Crippen molar-refractivity contribution in [3.63, 3.8) is 0 Å². The van der Waals surface area contributed by atoms with Crippen molar-refractivity contribution in [2.24, 2.45) is 11.7 Å². The van der Waals surface area contributed by atoms with Gasteiger partial charge in [-0.05, 0) is 26.7 Å². The summed E-state index contributed by atoms with van der Waals surface area (Å²) in [6.45, 7) is 8.40. The highest BCUT2D eigenvalue weighted by Crippen LogP contribution is 2.06. The first-order valence-corrected chi connectivity index (χ1v) is 6.08. The van der Waals surface area contributed by atoms with Gasteiger partial charge in [-0.15, -0.1) is 0 Å². The lowest BCUT2D eigenvalue weighted by Gasteiger charge is -2.21. The summed E-state index contributed by atoms with van der Waals surface area (Å²) >= 11 is 0. The maximum Gasteiger partial charge on any atom is 0.408 e. The Morgan fingerprint density at radius 2 is 1.74 bits per heavy atom. The van der Waals surface area contributed by atoms with Crippen molar-refractivity contribution >= 4 is 17.9 Å². The zero-order valence-electron chi connectivity index (χ0n) is 12.1. The molecule has 0 bridgehead atoms. The highest BCUT2D eigenvalue weighted by molar-refractivity contribution is 5.88. The Hall–Kier alpha value is -1.79. The minimum absolute atomic E-state index is 0.122. The number of carbonyl (C=O) groups is 3. The molecule has 0 saturated carbocycles. The first kappa shape index (κ1) is 17.2. The molecule has 0 saturated heterocycles. The van der Waals surface area contributed by atoms with Crippen molar-refractivity contribution in [1.29, 1.82) is 0 Å². The van der Waals surface area contributed by atoms with Crippen LogP contribution in [-0.2, 0) is 14.3 Å². The Bertz CT molecular complexity index is 347. The van der Waals surface area contributed by atoms with Crippen LogP contribution in [0.4, 0.5) is 4.79 Å². The molecule has 110 valence electrons. The summed E-state index contributed by atoms with van der Waals surface area (Å²) in [6, 6.07) is -0.757. The van der Waals surface area contributed by atoms with Gasteiger partial charge >= 0.3 is 6.09 Å². The summed E-state index contributed by atoms with van der Waals surface area (Å²) < 4.78 is 4.97. The molecule has 0 spiro atoms. The molecular weight excluding hydrogens is 250 g/mol. The summed E-state index contributed by atoms with van der Waals surface area (Å²) in [5.41, 5.74) is 4.53. The maximum atomic E-state index is 11.5. The number of carbonyl (C=O) groups excluding carboxylic acids is 3. The number of alkyl carbamates (subject to hydrolysis) is 1. The molecule has 0 fully saturated rings. The molecule has 1 unspecified atom stereocenters. The summed E-state index contributed by atoms with van der Waals surface area (Å²) in [5.74, 6) is -1.23. The number of nitrogens with one attached hydrogen (secondary N) is 2. The number of hydrogen-bond donors (Lipinski definition) is 3. The van der Waals surface area contributed by atoms with Crippen molar-refractivity contribution in [3.8, 4) is 0 Å². The highest BCUT2D eigenvalue weighted by atomic mass is 16.6. The number of rotatable bonds is 5. The van der Waals surface area contributed by atoms with Crippen molar-refractivity contribution < 1.29 is 19.1 Å². The average molecular weight is 273 g/mol. The third-order valence-corrected chi connectivity index (χ3v) is 2.08. The van der Waals surface area contributed by atoms with Crippen LogP contribution < -0.4 is 16.4 Å². The van der Waals surface area contributed by atoms with Crippen LogP contribution >= 0.6 is 0 Å². The van der Waals surface area contributed by atoms with Crippen molar-refractivity contribution in [2.45, 2.75) is 46.3 Å². The van der Waals surface area contributed by atoms with Gasteiger partial charge in [0.2, 0.25) is 11.8 Å². The van der Waals surface area contributed by atoms with E-state index in [1.165, 1.54) is 0 Å². The van der Waals surface area contributed by atoms with Crippen LogP contribution in [0.5, 0.6) is 0 Å². The molecule has 0 rings (SSSR count). The van der Waals surface area contributed by atoms with E-state index < -0.39 is 29.6 Å². The number of primary amides is 1. The summed E-state index contributed by atoms with van der Waals surface area (Å²) in [6.07, 6.45) is -0.692. The fraction of sp³-hybridized carbons (Fsp3) is 0.750. The molecule has 0 aliphatic heterocycles. The summed E-state index contributed by atoms with van der Waals surface area (Å²) in [4.78, 5) is 34.0. The first-order valence-electron chi connectivity index (χ1n) is 6.08. The lowest BCUT2D eigenvalue weighted by molar-refractivity contribution is -0.127. The first-order chi connectivity index (χ1) is 8.53. The second-order valence-corrected chi connectivity index (χ2v) is 5.55. The number of nitrogens with two attached hydrogens (primary N) is 1. The zero-order chi connectivity index (χ0) is 15.2. The topological polar surface area (TPSA) is 111 Å². The van der Waals surface area contributed by atoms with Crippen LogP contribution in [-0.4, -0.2) is 36.1 Å². The van der Waals surface area contributed by atoms with E-state index in [4.69, 9.17) is 10.5 Å². The van der Waals surface area contributed by atoms with E-state index in [1.807, 2.05) is 0 Å². The van der Waals surface area contributed by atoms with Crippen LogP contribution in [0.25, 0.3) is 0 Å². The van der Waals surface area contributed by atoms with Crippen molar-refractivity contribution in [1.82, 2.24) is 10.6 Å². The van der Waals surface area contributed by atoms with E-state index in [-0.39, 0.29) is 12.5 Å². The Morgan fingerprint density at radius 3 is 2.11 bits per heavy atom. The molecule has 0 heterocycles. The van der Waals surface area contributed by atoms with Gasteiger partial charge < -0.3 is 21.1 Å². The largest absolute Gasteiger partial charge is 0.444 e. The maximum absolute atomic E-state index is 11.5. The molecular formula is C12H23N3O4. The Balaban J connectivity index is 4.19. The fourth-order valence-electron chi connectivity index (χ4n) is 1.26. The van der Waals surface area contributed by atoms with Gasteiger partial charge in [0.25, 0.3) is 0 Å². The van der Waals surface area contributed by atoms with Gasteiger partial charge in [0, 0.05) is 0 Å². The SMILES string of the molecule is CC(C)C(NC(=O)CNC(=O)OC(C)(C)C)C(N)=O. The van der Waals surface area contributed by atoms with E-state index in [9.17, 15) is 14.4 Å².